The van der Waals surface area contributed by atoms with Gasteiger partial charge < -0.3 is 0 Å². The van der Waals surface area contributed by atoms with Crippen LogP contribution in [0.4, 0.5) is 0 Å². The van der Waals surface area contributed by atoms with Crippen LogP contribution in [0.5, 0.6) is 0 Å². The average Bonchev–Trinajstić information content (AvgIpc) is 2.30. The molecule has 0 amide bonds. The highest BCUT2D eigenvalue weighted by molar-refractivity contribution is 7.98. The maximum absolute atomic E-state index is 5.85. The molecule has 82 valence electrons. The van der Waals surface area contributed by atoms with Gasteiger partial charge in [-0.15, -0.1) is 11.8 Å². The maximum Gasteiger partial charge on any atom is 0.0406 e. The minimum atomic E-state index is 0.796. The molecule has 2 aromatic carbocycles. The molecule has 0 aromatic heterocycles. The van der Waals surface area contributed by atoms with Crippen LogP contribution >= 0.6 is 23.4 Å². The van der Waals surface area contributed by atoms with Gasteiger partial charge in [-0.25, -0.2) is 0 Å². The highest BCUT2D eigenvalue weighted by Gasteiger charge is 1.99. The van der Waals surface area contributed by atoms with Gasteiger partial charge in [-0.2, -0.15) is 0 Å². The van der Waals surface area contributed by atoms with E-state index in [2.05, 4.69) is 43.3 Å². The first kappa shape index (κ1) is 11.6. The summed E-state index contributed by atoms with van der Waals surface area (Å²) < 4.78 is 0. The summed E-state index contributed by atoms with van der Waals surface area (Å²) in [5.74, 6) is 0.988. The Morgan fingerprint density at radius 3 is 2.38 bits per heavy atom. The first-order valence-corrected chi connectivity index (χ1v) is 6.55. The van der Waals surface area contributed by atoms with Gasteiger partial charge in [0.25, 0.3) is 0 Å². The number of thioether (sulfide) groups is 1. The van der Waals surface area contributed by atoms with Crippen molar-refractivity contribution < 1.29 is 0 Å². The van der Waals surface area contributed by atoms with Crippen molar-refractivity contribution in [2.45, 2.75) is 17.6 Å². The molecule has 0 nitrogen and oxygen atoms in total. The second-order valence-corrected chi connectivity index (χ2v) is 5.13. The van der Waals surface area contributed by atoms with Gasteiger partial charge in [-0.05, 0) is 36.2 Å². The van der Waals surface area contributed by atoms with Crippen LogP contribution in [0.15, 0.2) is 53.4 Å². The van der Waals surface area contributed by atoms with E-state index in [0.29, 0.717) is 0 Å². The first-order chi connectivity index (χ1) is 7.75. The van der Waals surface area contributed by atoms with Crippen molar-refractivity contribution in [3.63, 3.8) is 0 Å². The predicted octanol–water partition coefficient (Wildman–Crippen LogP) is 4.94. The molecule has 16 heavy (non-hydrogen) atoms. The Hall–Kier alpha value is -0.920. The van der Waals surface area contributed by atoms with E-state index in [1.54, 1.807) is 0 Å². The summed E-state index contributed by atoms with van der Waals surface area (Å²) in [7, 11) is 0. The molecule has 2 heteroatoms. The maximum atomic E-state index is 5.85. The molecule has 0 aliphatic rings. The second kappa shape index (κ2) is 5.42. The molecule has 0 bridgehead atoms. The van der Waals surface area contributed by atoms with Crippen molar-refractivity contribution in [2.24, 2.45) is 0 Å². The fourth-order valence-electron chi connectivity index (χ4n) is 1.46. The van der Waals surface area contributed by atoms with Crippen molar-refractivity contribution in [3.8, 4) is 0 Å². The van der Waals surface area contributed by atoms with Crippen LogP contribution in [-0.2, 0) is 5.75 Å². The molecule has 0 spiro atoms. The molecule has 0 fully saturated rings. The molecule has 0 heterocycles. The van der Waals surface area contributed by atoms with Crippen LogP contribution in [0.25, 0.3) is 0 Å². The Balaban J connectivity index is 2.02. The summed E-state index contributed by atoms with van der Waals surface area (Å²) in [5.41, 5.74) is 2.64. The lowest BCUT2D eigenvalue weighted by molar-refractivity contribution is 1.29. The van der Waals surface area contributed by atoms with Crippen LogP contribution in [-0.4, -0.2) is 0 Å². The van der Waals surface area contributed by atoms with E-state index < -0.39 is 0 Å². The SMILES string of the molecule is Cc1ccccc1SCc1ccc(Cl)cc1. The number of hydrogen-bond acceptors (Lipinski definition) is 1. The van der Waals surface area contributed by atoms with E-state index in [0.717, 1.165) is 10.8 Å². The van der Waals surface area contributed by atoms with Crippen molar-refractivity contribution >= 4 is 23.4 Å². The Labute approximate surface area is 106 Å². The van der Waals surface area contributed by atoms with Gasteiger partial charge in [0.05, 0.1) is 0 Å². The van der Waals surface area contributed by atoms with E-state index in [1.165, 1.54) is 16.0 Å². The Bertz CT molecular complexity index is 462. The van der Waals surface area contributed by atoms with E-state index in [1.807, 2.05) is 23.9 Å². The molecule has 0 saturated heterocycles. The molecule has 0 aliphatic carbocycles. The van der Waals surface area contributed by atoms with Gasteiger partial charge in [-0.3, -0.25) is 0 Å². The Morgan fingerprint density at radius 1 is 1.00 bits per heavy atom. The van der Waals surface area contributed by atoms with Crippen molar-refractivity contribution in [3.05, 3.63) is 64.7 Å². The molecule has 0 radical (unpaired) electrons. The minimum absolute atomic E-state index is 0.796. The van der Waals surface area contributed by atoms with Gasteiger partial charge in [0.2, 0.25) is 0 Å². The third-order valence-corrected chi connectivity index (χ3v) is 3.90. The van der Waals surface area contributed by atoms with E-state index in [9.17, 15) is 0 Å². The number of hydrogen-bond donors (Lipinski definition) is 0. The summed E-state index contributed by atoms with van der Waals surface area (Å²) in [6.45, 7) is 2.14. The predicted molar refractivity (Wildman–Crippen MR) is 72.2 cm³/mol. The Morgan fingerprint density at radius 2 is 1.69 bits per heavy atom. The lowest BCUT2D eigenvalue weighted by atomic mass is 10.2. The van der Waals surface area contributed by atoms with Gasteiger partial charge in [0.1, 0.15) is 0 Å². The zero-order valence-electron chi connectivity index (χ0n) is 9.11. The average molecular weight is 249 g/mol. The zero-order valence-corrected chi connectivity index (χ0v) is 10.7. The fraction of sp³-hybridized carbons (Fsp3) is 0.143. The first-order valence-electron chi connectivity index (χ1n) is 5.18. The van der Waals surface area contributed by atoms with Crippen molar-refractivity contribution in [1.82, 2.24) is 0 Å². The van der Waals surface area contributed by atoms with Crippen LogP contribution in [0.2, 0.25) is 5.02 Å². The number of halogens is 1. The Kier molecular flexibility index (Phi) is 3.92. The van der Waals surface area contributed by atoms with Crippen LogP contribution < -0.4 is 0 Å². The summed E-state index contributed by atoms with van der Waals surface area (Å²) in [6.07, 6.45) is 0. The highest BCUT2D eigenvalue weighted by Crippen LogP contribution is 2.26. The van der Waals surface area contributed by atoms with Crippen LogP contribution in [0, 0.1) is 6.92 Å². The quantitative estimate of drug-likeness (QED) is 0.694. The van der Waals surface area contributed by atoms with E-state index in [4.69, 9.17) is 11.6 Å². The molecular formula is C14H13ClS. The smallest absolute Gasteiger partial charge is 0.0406 e. The second-order valence-electron chi connectivity index (χ2n) is 3.68. The lowest BCUT2D eigenvalue weighted by Gasteiger charge is -2.05. The van der Waals surface area contributed by atoms with Crippen molar-refractivity contribution in [1.29, 1.82) is 0 Å². The monoisotopic (exact) mass is 248 g/mol. The molecule has 0 N–H and O–H groups in total. The molecule has 2 rings (SSSR count). The molecule has 0 unspecified atom stereocenters. The number of aryl methyl sites for hydroxylation is 1. The normalized spacial score (nSPS) is 10.4. The third-order valence-electron chi connectivity index (χ3n) is 2.40. The number of benzene rings is 2. The van der Waals surface area contributed by atoms with Gasteiger partial charge >= 0.3 is 0 Å². The molecule has 0 saturated carbocycles. The third kappa shape index (κ3) is 3.03. The van der Waals surface area contributed by atoms with Gasteiger partial charge in [-0.1, -0.05) is 41.9 Å². The van der Waals surface area contributed by atoms with Crippen LogP contribution in [0.1, 0.15) is 11.1 Å². The summed E-state index contributed by atoms with van der Waals surface area (Å²) in [4.78, 5) is 1.34. The largest absolute Gasteiger partial charge is 0.121 e. The molecular weight excluding hydrogens is 236 g/mol. The summed E-state index contributed by atoms with van der Waals surface area (Å²) in [6, 6.07) is 16.5. The number of rotatable bonds is 3. The van der Waals surface area contributed by atoms with Crippen molar-refractivity contribution in [2.75, 3.05) is 0 Å². The standard InChI is InChI=1S/C14H13ClS/c1-11-4-2-3-5-14(11)16-10-12-6-8-13(15)9-7-12/h2-9H,10H2,1H3. The van der Waals surface area contributed by atoms with Gasteiger partial charge in [0.15, 0.2) is 0 Å². The molecule has 0 atom stereocenters. The molecule has 0 aliphatic heterocycles. The topological polar surface area (TPSA) is 0 Å². The van der Waals surface area contributed by atoms with Gasteiger partial charge in [0, 0.05) is 15.7 Å². The molecule has 2 aromatic rings. The van der Waals surface area contributed by atoms with E-state index >= 15 is 0 Å². The van der Waals surface area contributed by atoms with E-state index in [-0.39, 0.29) is 0 Å². The van der Waals surface area contributed by atoms with Crippen LogP contribution in [0.3, 0.4) is 0 Å². The zero-order chi connectivity index (χ0) is 11.4. The highest BCUT2D eigenvalue weighted by atomic mass is 35.5. The fourth-order valence-corrected chi connectivity index (χ4v) is 2.57. The minimum Gasteiger partial charge on any atom is -0.121 e. The summed E-state index contributed by atoms with van der Waals surface area (Å²) in [5, 5.41) is 0.796. The lowest BCUT2D eigenvalue weighted by Crippen LogP contribution is -1.82. The summed E-state index contributed by atoms with van der Waals surface area (Å²) >= 11 is 7.71.